The van der Waals surface area contributed by atoms with Gasteiger partial charge in [-0.05, 0) is 24.0 Å². The molecule has 2 N–H and O–H groups in total. The number of hydrogen-bond donors (Lipinski definition) is 2. The third-order valence-corrected chi connectivity index (χ3v) is 5.66. The number of nitrogens with one attached hydrogen (secondary N) is 2. The molecule has 0 saturated heterocycles. The van der Waals surface area contributed by atoms with E-state index in [1.807, 2.05) is 54.8 Å². The number of aromatic nitrogens is 2. The molecule has 0 bridgehead atoms. The average Bonchev–Trinajstić information content (AvgIpc) is 3.03. The zero-order valence-corrected chi connectivity index (χ0v) is 16.4. The van der Waals surface area contributed by atoms with E-state index in [1.165, 1.54) is 11.8 Å². The third kappa shape index (κ3) is 3.29. The highest BCUT2D eigenvalue weighted by atomic mass is 32.2. The zero-order chi connectivity index (χ0) is 19.7. The first-order chi connectivity index (χ1) is 13.6. The van der Waals surface area contributed by atoms with Crippen molar-refractivity contribution in [3.8, 4) is 0 Å². The number of nitrogens with zero attached hydrogens (tertiary/aromatic N) is 2. The maximum absolute atomic E-state index is 12.9. The summed E-state index contributed by atoms with van der Waals surface area (Å²) in [6, 6.07) is 17.3. The van der Waals surface area contributed by atoms with E-state index in [4.69, 9.17) is 0 Å². The largest absolute Gasteiger partial charge is 0.311 e. The van der Waals surface area contributed by atoms with Gasteiger partial charge in [-0.3, -0.25) is 14.3 Å². The zero-order valence-electron chi connectivity index (χ0n) is 15.6. The summed E-state index contributed by atoms with van der Waals surface area (Å²) in [6.07, 6.45) is 2.25. The van der Waals surface area contributed by atoms with E-state index in [1.54, 1.807) is 17.8 Å². The molecule has 4 rings (SSSR count). The van der Waals surface area contributed by atoms with Crippen molar-refractivity contribution in [2.75, 3.05) is 16.9 Å². The summed E-state index contributed by atoms with van der Waals surface area (Å²) < 4.78 is 1.61. The highest BCUT2D eigenvalue weighted by Crippen LogP contribution is 2.41. The van der Waals surface area contributed by atoms with Crippen LogP contribution in [0.25, 0.3) is 0 Å². The fourth-order valence-electron chi connectivity index (χ4n) is 3.56. The van der Waals surface area contributed by atoms with E-state index in [0.717, 1.165) is 16.0 Å². The Morgan fingerprint density at radius 1 is 1.18 bits per heavy atom. The normalized spacial score (nSPS) is 15.6. The summed E-state index contributed by atoms with van der Waals surface area (Å²) in [5.41, 5.74) is 2.46. The van der Waals surface area contributed by atoms with E-state index < -0.39 is 0 Å². The second-order valence-corrected chi connectivity index (χ2v) is 7.45. The maximum atomic E-state index is 12.9. The molecule has 0 spiro atoms. The molecule has 2 heterocycles. The van der Waals surface area contributed by atoms with Gasteiger partial charge in [-0.25, -0.2) is 0 Å². The number of aryl methyl sites for hydroxylation is 1. The molecular weight excluding hydrogens is 372 g/mol. The van der Waals surface area contributed by atoms with Crippen molar-refractivity contribution in [3.63, 3.8) is 0 Å². The number of anilines is 2. The van der Waals surface area contributed by atoms with Crippen LogP contribution in [0.3, 0.4) is 0 Å². The quantitative estimate of drug-likeness (QED) is 0.661. The standard InChI is InChI=1S/C21H20N4O2S/c1-25-20-18(15(12-17(26)22-20)13-8-4-3-5-9-13)19(24-25)23-21(27)14-10-6-7-11-16(14)28-2/h3-11,15H,12H2,1-2H3,(H,22,26)(H,23,24,27). The second-order valence-electron chi connectivity index (χ2n) is 6.60. The predicted octanol–water partition coefficient (Wildman–Crippen LogP) is 3.87. The van der Waals surface area contributed by atoms with E-state index in [2.05, 4.69) is 15.7 Å². The molecule has 28 heavy (non-hydrogen) atoms. The topological polar surface area (TPSA) is 76.0 Å². The molecule has 0 aliphatic carbocycles. The van der Waals surface area contributed by atoms with E-state index in [0.29, 0.717) is 23.6 Å². The van der Waals surface area contributed by atoms with Gasteiger partial charge in [0.15, 0.2) is 5.82 Å². The van der Waals surface area contributed by atoms with Crippen LogP contribution >= 0.6 is 11.8 Å². The summed E-state index contributed by atoms with van der Waals surface area (Å²) in [6.45, 7) is 0. The molecule has 1 aliphatic heterocycles. The van der Waals surface area contributed by atoms with Gasteiger partial charge in [-0.1, -0.05) is 42.5 Å². The van der Waals surface area contributed by atoms with Crippen molar-refractivity contribution in [2.24, 2.45) is 7.05 Å². The maximum Gasteiger partial charge on any atom is 0.258 e. The molecular formula is C21H20N4O2S. The molecule has 0 radical (unpaired) electrons. The van der Waals surface area contributed by atoms with Crippen molar-refractivity contribution in [2.45, 2.75) is 17.2 Å². The lowest BCUT2D eigenvalue weighted by molar-refractivity contribution is -0.116. The van der Waals surface area contributed by atoms with Gasteiger partial charge in [0.25, 0.3) is 5.91 Å². The van der Waals surface area contributed by atoms with Gasteiger partial charge in [-0.15, -0.1) is 11.8 Å². The van der Waals surface area contributed by atoms with Gasteiger partial charge >= 0.3 is 0 Å². The number of rotatable bonds is 4. The molecule has 7 heteroatoms. The van der Waals surface area contributed by atoms with Crippen LogP contribution in [0.4, 0.5) is 11.6 Å². The Labute approximate surface area is 167 Å². The molecule has 0 fully saturated rings. The van der Waals surface area contributed by atoms with Crippen molar-refractivity contribution in [3.05, 3.63) is 71.3 Å². The Hall–Kier alpha value is -3.06. The molecule has 2 aromatic carbocycles. The number of fused-ring (bicyclic) bond motifs is 1. The third-order valence-electron chi connectivity index (χ3n) is 4.87. The van der Waals surface area contributed by atoms with Crippen LogP contribution in [0.5, 0.6) is 0 Å². The Morgan fingerprint density at radius 2 is 1.89 bits per heavy atom. The molecule has 1 unspecified atom stereocenters. The van der Waals surface area contributed by atoms with Crippen LogP contribution in [0.2, 0.25) is 0 Å². The van der Waals surface area contributed by atoms with Gasteiger partial charge in [0.05, 0.1) is 5.56 Å². The number of amides is 2. The average molecular weight is 392 g/mol. The fraction of sp³-hybridized carbons (Fsp3) is 0.190. The van der Waals surface area contributed by atoms with Gasteiger partial charge in [-0.2, -0.15) is 5.10 Å². The minimum absolute atomic E-state index is 0.0602. The van der Waals surface area contributed by atoms with Crippen LogP contribution in [0.1, 0.15) is 33.8 Å². The molecule has 1 atom stereocenters. The van der Waals surface area contributed by atoms with Crippen LogP contribution in [0, 0.1) is 0 Å². The van der Waals surface area contributed by atoms with Gasteiger partial charge in [0.1, 0.15) is 5.82 Å². The summed E-state index contributed by atoms with van der Waals surface area (Å²) in [4.78, 5) is 26.1. The Morgan fingerprint density at radius 3 is 2.64 bits per heavy atom. The number of carbonyl (C=O) groups is 2. The lowest BCUT2D eigenvalue weighted by Gasteiger charge is -2.24. The molecule has 3 aromatic rings. The molecule has 1 aromatic heterocycles. The van der Waals surface area contributed by atoms with Crippen LogP contribution in [0.15, 0.2) is 59.5 Å². The molecule has 142 valence electrons. The smallest absolute Gasteiger partial charge is 0.258 e. The number of hydrogen-bond acceptors (Lipinski definition) is 4. The summed E-state index contributed by atoms with van der Waals surface area (Å²) in [7, 11) is 1.76. The van der Waals surface area contributed by atoms with Gasteiger partial charge < -0.3 is 10.6 Å². The number of benzene rings is 2. The lowest BCUT2D eigenvalue weighted by Crippen LogP contribution is -2.25. The fourth-order valence-corrected chi connectivity index (χ4v) is 4.15. The second kappa shape index (κ2) is 7.52. The van der Waals surface area contributed by atoms with Crippen molar-refractivity contribution >= 4 is 35.2 Å². The van der Waals surface area contributed by atoms with Crippen molar-refractivity contribution in [1.82, 2.24) is 9.78 Å². The van der Waals surface area contributed by atoms with E-state index in [-0.39, 0.29) is 17.7 Å². The summed E-state index contributed by atoms with van der Waals surface area (Å²) in [5, 5.41) is 10.3. The van der Waals surface area contributed by atoms with Gasteiger partial charge in [0.2, 0.25) is 5.91 Å². The van der Waals surface area contributed by atoms with Crippen LogP contribution < -0.4 is 10.6 Å². The monoisotopic (exact) mass is 392 g/mol. The highest BCUT2D eigenvalue weighted by molar-refractivity contribution is 7.98. The Balaban J connectivity index is 1.75. The molecule has 1 aliphatic rings. The summed E-state index contributed by atoms with van der Waals surface area (Å²) in [5.74, 6) is 0.667. The predicted molar refractivity (Wildman–Crippen MR) is 111 cm³/mol. The summed E-state index contributed by atoms with van der Waals surface area (Å²) >= 11 is 1.52. The molecule has 6 nitrogen and oxygen atoms in total. The number of thioether (sulfide) groups is 1. The number of carbonyl (C=O) groups excluding carboxylic acids is 2. The highest BCUT2D eigenvalue weighted by Gasteiger charge is 2.33. The molecule has 2 amide bonds. The minimum Gasteiger partial charge on any atom is -0.311 e. The van der Waals surface area contributed by atoms with Crippen LogP contribution in [-0.4, -0.2) is 27.9 Å². The lowest BCUT2D eigenvalue weighted by atomic mass is 9.86. The first kappa shape index (κ1) is 18.3. The Kier molecular flexibility index (Phi) is 4.92. The first-order valence-corrected chi connectivity index (χ1v) is 10.2. The van der Waals surface area contributed by atoms with Crippen molar-refractivity contribution < 1.29 is 9.59 Å². The molecule has 0 saturated carbocycles. The van der Waals surface area contributed by atoms with Crippen molar-refractivity contribution in [1.29, 1.82) is 0 Å². The minimum atomic E-state index is -0.213. The van der Waals surface area contributed by atoms with Gasteiger partial charge in [0, 0.05) is 29.8 Å². The van der Waals surface area contributed by atoms with Crippen LogP contribution in [-0.2, 0) is 11.8 Å². The van der Waals surface area contributed by atoms with E-state index >= 15 is 0 Å². The Bertz CT molecular complexity index is 1050. The first-order valence-electron chi connectivity index (χ1n) is 8.94. The van der Waals surface area contributed by atoms with E-state index in [9.17, 15) is 9.59 Å². The SMILES string of the molecule is CSc1ccccc1C(=O)Nc1nn(C)c2c1C(c1ccccc1)CC(=O)N2.